The van der Waals surface area contributed by atoms with Gasteiger partial charge in [0.15, 0.2) is 0 Å². The highest BCUT2D eigenvalue weighted by Gasteiger charge is 2.18. The first kappa shape index (κ1) is 20.7. The number of rotatable bonds is 8. The van der Waals surface area contributed by atoms with E-state index in [4.69, 9.17) is 0 Å². The minimum atomic E-state index is -0.570. The van der Waals surface area contributed by atoms with Gasteiger partial charge in [-0.05, 0) is 25.0 Å². The smallest absolute Gasteiger partial charge is 0.0796 e. The molecule has 24 heavy (non-hydrogen) atoms. The Hall–Kier alpha value is -1.35. The van der Waals surface area contributed by atoms with Crippen LogP contribution in [0.1, 0.15) is 43.7 Å². The fourth-order valence-electron chi connectivity index (χ4n) is 2.93. The first-order valence-corrected chi connectivity index (χ1v) is 8.59. The van der Waals surface area contributed by atoms with E-state index in [9.17, 15) is 5.11 Å². The number of hydrogen-bond donors (Lipinski definition) is 2. The fourth-order valence-corrected chi connectivity index (χ4v) is 2.93. The lowest BCUT2D eigenvalue weighted by molar-refractivity contribution is -0.880. The van der Waals surface area contributed by atoms with Crippen LogP contribution in [-0.4, -0.2) is 30.8 Å². The molecule has 0 aliphatic heterocycles. The maximum Gasteiger partial charge on any atom is 0.0796 e. The topological polar surface area (TPSA) is 24.7 Å². The van der Waals surface area contributed by atoms with Gasteiger partial charge in [0.25, 0.3) is 0 Å². The summed E-state index contributed by atoms with van der Waals surface area (Å²) >= 11 is 0. The maximum absolute atomic E-state index is 9.89. The molecular formula is C21H30ClNO. The van der Waals surface area contributed by atoms with Gasteiger partial charge >= 0.3 is 0 Å². The van der Waals surface area contributed by atoms with Crippen molar-refractivity contribution in [2.24, 2.45) is 0 Å². The van der Waals surface area contributed by atoms with E-state index in [0.29, 0.717) is 5.92 Å². The van der Waals surface area contributed by atoms with Crippen molar-refractivity contribution in [3.63, 3.8) is 0 Å². The summed E-state index contributed by atoms with van der Waals surface area (Å²) in [6.45, 7) is 5.87. The molecule has 0 heterocycles. The van der Waals surface area contributed by atoms with Gasteiger partial charge in [0.1, 0.15) is 0 Å². The second-order valence-electron chi connectivity index (χ2n) is 7.18. The molecule has 0 saturated heterocycles. The van der Waals surface area contributed by atoms with E-state index in [0.717, 1.165) is 25.9 Å². The molecule has 1 unspecified atom stereocenters. The Bertz CT molecular complexity index is 526. The molecule has 2 nitrogen and oxygen atoms in total. The van der Waals surface area contributed by atoms with Crippen LogP contribution in [0.15, 0.2) is 60.7 Å². The Balaban J connectivity index is 0.00000288. The Labute approximate surface area is 152 Å². The molecule has 0 saturated carbocycles. The number of halogens is 1. The molecule has 132 valence electrons. The summed E-state index contributed by atoms with van der Waals surface area (Å²) in [4.78, 5) is 1.48. The molecule has 0 spiro atoms. The highest BCUT2D eigenvalue weighted by Crippen LogP contribution is 2.27. The van der Waals surface area contributed by atoms with E-state index in [1.807, 2.05) is 13.8 Å². The second-order valence-corrected chi connectivity index (χ2v) is 7.18. The summed E-state index contributed by atoms with van der Waals surface area (Å²) in [6.07, 6.45) is 1.95. The summed E-state index contributed by atoms with van der Waals surface area (Å²) in [7, 11) is 2.22. The van der Waals surface area contributed by atoms with Gasteiger partial charge in [0, 0.05) is 18.8 Å². The third kappa shape index (κ3) is 7.04. The normalized spacial score (nSPS) is 12.7. The molecule has 2 N–H and O–H groups in total. The Morgan fingerprint density at radius 1 is 0.875 bits per heavy atom. The molecule has 0 aliphatic rings. The third-order valence-electron chi connectivity index (χ3n) is 4.43. The quantitative estimate of drug-likeness (QED) is 0.684. The van der Waals surface area contributed by atoms with E-state index in [-0.39, 0.29) is 12.4 Å². The van der Waals surface area contributed by atoms with Crippen molar-refractivity contribution < 1.29 is 22.4 Å². The van der Waals surface area contributed by atoms with Gasteiger partial charge in [-0.1, -0.05) is 60.7 Å². The molecule has 0 aromatic heterocycles. The minimum absolute atomic E-state index is 0. The van der Waals surface area contributed by atoms with Crippen molar-refractivity contribution in [2.75, 3.05) is 20.1 Å². The van der Waals surface area contributed by atoms with Crippen LogP contribution in [0.3, 0.4) is 0 Å². The average Bonchev–Trinajstić information content (AvgIpc) is 2.54. The molecule has 2 aromatic rings. The van der Waals surface area contributed by atoms with E-state index in [2.05, 4.69) is 67.7 Å². The third-order valence-corrected chi connectivity index (χ3v) is 4.43. The van der Waals surface area contributed by atoms with Crippen LogP contribution in [-0.2, 0) is 0 Å². The van der Waals surface area contributed by atoms with Crippen molar-refractivity contribution in [2.45, 2.75) is 38.2 Å². The molecule has 0 amide bonds. The largest absolute Gasteiger partial charge is 1.00 e. The van der Waals surface area contributed by atoms with Crippen LogP contribution >= 0.6 is 0 Å². The van der Waals surface area contributed by atoms with Gasteiger partial charge < -0.3 is 22.4 Å². The molecule has 2 rings (SSSR count). The monoisotopic (exact) mass is 347 g/mol. The summed E-state index contributed by atoms with van der Waals surface area (Å²) in [6, 6.07) is 21.5. The summed E-state index contributed by atoms with van der Waals surface area (Å²) in [5, 5.41) is 9.89. The molecular weight excluding hydrogens is 318 g/mol. The molecule has 0 radical (unpaired) electrons. The van der Waals surface area contributed by atoms with Crippen molar-refractivity contribution in [3.05, 3.63) is 71.8 Å². The first-order valence-electron chi connectivity index (χ1n) is 8.59. The molecule has 0 aliphatic carbocycles. The molecule has 0 fully saturated rings. The van der Waals surface area contributed by atoms with Crippen molar-refractivity contribution in [1.29, 1.82) is 0 Å². The predicted molar refractivity (Wildman–Crippen MR) is 96.9 cm³/mol. The van der Waals surface area contributed by atoms with Gasteiger partial charge in [-0.15, -0.1) is 0 Å². The Morgan fingerprint density at radius 2 is 1.33 bits per heavy atom. The number of aliphatic hydroxyl groups is 1. The van der Waals surface area contributed by atoms with E-state index < -0.39 is 5.60 Å². The minimum Gasteiger partial charge on any atom is -1.00 e. The standard InChI is InChI=1S/C21H29NO.ClH/c1-21(2,23)15-17-22(3)16-14-20(18-10-6-4-7-11-18)19-12-8-5-9-13-19;/h4-13,20,23H,14-17H2,1-3H3;1H. The lowest BCUT2D eigenvalue weighted by Gasteiger charge is -2.23. The van der Waals surface area contributed by atoms with Gasteiger partial charge in [-0.25, -0.2) is 0 Å². The van der Waals surface area contributed by atoms with Crippen molar-refractivity contribution in [3.8, 4) is 0 Å². The zero-order valence-corrected chi connectivity index (χ0v) is 15.8. The van der Waals surface area contributed by atoms with Crippen molar-refractivity contribution >= 4 is 0 Å². The van der Waals surface area contributed by atoms with Crippen LogP contribution in [0, 0.1) is 0 Å². The fraction of sp³-hybridized carbons (Fsp3) is 0.429. The van der Waals surface area contributed by atoms with Crippen LogP contribution < -0.4 is 17.3 Å². The number of benzene rings is 2. The predicted octanol–water partition coefficient (Wildman–Crippen LogP) is -0.112. The number of hydrogen-bond acceptors (Lipinski definition) is 1. The maximum atomic E-state index is 9.89. The van der Waals surface area contributed by atoms with Crippen LogP contribution in [0.25, 0.3) is 0 Å². The highest BCUT2D eigenvalue weighted by atomic mass is 35.5. The Morgan fingerprint density at radius 3 is 1.75 bits per heavy atom. The van der Waals surface area contributed by atoms with Crippen LogP contribution in [0.5, 0.6) is 0 Å². The summed E-state index contributed by atoms with van der Waals surface area (Å²) < 4.78 is 0. The van der Waals surface area contributed by atoms with Gasteiger partial charge in [0.2, 0.25) is 0 Å². The van der Waals surface area contributed by atoms with Gasteiger partial charge in [-0.2, -0.15) is 0 Å². The first-order chi connectivity index (χ1) is 11.0. The van der Waals surface area contributed by atoms with E-state index >= 15 is 0 Å². The average molecular weight is 348 g/mol. The van der Waals surface area contributed by atoms with E-state index in [1.165, 1.54) is 16.0 Å². The molecule has 1 atom stereocenters. The molecule has 3 heteroatoms. The zero-order valence-electron chi connectivity index (χ0n) is 15.0. The lowest BCUT2D eigenvalue weighted by atomic mass is 9.88. The van der Waals surface area contributed by atoms with E-state index in [1.54, 1.807) is 0 Å². The van der Waals surface area contributed by atoms with Crippen molar-refractivity contribution in [1.82, 2.24) is 0 Å². The second kappa shape index (κ2) is 9.83. The molecule has 0 bridgehead atoms. The summed E-state index contributed by atoms with van der Waals surface area (Å²) in [5.74, 6) is 0.439. The number of quaternary nitrogens is 1. The highest BCUT2D eigenvalue weighted by molar-refractivity contribution is 5.32. The van der Waals surface area contributed by atoms with Gasteiger partial charge in [-0.3, -0.25) is 0 Å². The molecule has 2 aromatic carbocycles. The Kier molecular flexibility index (Phi) is 8.47. The zero-order chi connectivity index (χ0) is 16.7. The van der Waals surface area contributed by atoms with Crippen LogP contribution in [0.4, 0.5) is 0 Å². The summed E-state index contributed by atoms with van der Waals surface area (Å²) in [5.41, 5.74) is 2.20. The van der Waals surface area contributed by atoms with Crippen LogP contribution in [0.2, 0.25) is 0 Å². The lowest BCUT2D eigenvalue weighted by Crippen LogP contribution is -3.09. The SMILES string of the molecule is C[NH+](CCC(c1ccccc1)c1ccccc1)CCC(C)(C)O.[Cl-]. The van der Waals surface area contributed by atoms with Gasteiger partial charge in [0.05, 0.1) is 25.7 Å². The number of nitrogens with one attached hydrogen (secondary N) is 1.